The number of rotatable bonds is 4. The largest absolute Gasteiger partial charge is 0.372 e. The zero-order chi connectivity index (χ0) is 17.8. The Morgan fingerprint density at radius 1 is 1.16 bits per heavy atom. The first-order valence-electron chi connectivity index (χ1n) is 8.98. The molecule has 3 atom stereocenters. The maximum absolute atomic E-state index is 12.6. The van der Waals surface area contributed by atoms with E-state index in [1.807, 2.05) is 41.8 Å². The van der Waals surface area contributed by atoms with E-state index in [9.17, 15) is 9.59 Å². The molecule has 136 valence electrons. The predicted octanol–water partition coefficient (Wildman–Crippen LogP) is 0.665. The molecule has 2 aliphatic rings. The van der Waals surface area contributed by atoms with Crippen LogP contribution in [-0.4, -0.2) is 72.6 Å². The highest BCUT2D eigenvalue weighted by atomic mass is 16.5. The second kappa shape index (κ2) is 7.97. The summed E-state index contributed by atoms with van der Waals surface area (Å²) in [6, 6.07) is 10.2. The van der Waals surface area contributed by atoms with Gasteiger partial charge in [-0.1, -0.05) is 30.3 Å². The lowest BCUT2D eigenvalue weighted by molar-refractivity contribution is -0.145. The number of benzene rings is 1. The smallest absolute Gasteiger partial charge is 0.236 e. The number of hydrogen-bond donors (Lipinski definition) is 1. The van der Waals surface area contributed by atoms with Crippen molar-refractivity contribution in [2.45, 2.75) is 38.5 Å². The van der Waals surface area contributed by atoms with E-state index in [-0.39, 0.29) is 43.2 Å². The fraction of sp³-hybridized carbons (Fsp3) is 0.579. The first-order valence-corrected chi connectivity index (χ1v) is 8.98. The molecule has 2 amide bonds. The van der Waals surface area contributed by atoms with Gasteiger partial charge in [0.2, 0.25) is 11.8 Å². The third kappa shape index (κ3) is 5.03. The molecule has 6 nitrogen and oxygen atoms in total. The Labute approximate surface area is 149 Å². The van der Waals surface area contributed by atoms with Crippen LogP contribution >= 0.6 is 0 Å². The molecule has 25 heavy (non-hydrogen) atoms. The number of piperazine rings is 1. The van der Waals surface area contributed by atoms with Crippen LogP contribution in [0.3, 0.4) is 0 Å². The van der Waals surface area contributed by atoms with Crippen molar-refractivity contribution in [3.63, 3.8) is 0 Å². The van der Waals surface area contributed by atoms with E-state index in [0.29, 0.717) is 19.6 Å². The second-order valence-electron chi connectivity index (χ2n) is 7.18. The number of carbonyl (C=O) groups is 2. The third-order valence-electron chi connectivity index (χ3n) is 4.67. The molecule has 1 aromatic carbocycles. The van der Waals surface area contributed by atoms with Crippen molar-refractivity contribution >= 4 is 11.8 Å². The van der Waals surface area contributed by atoms with E-state index >= 15 is 0 Å². The minimum atomic E-state index is -0.0105. The lowest BCUT2D eigenvalue weighted by Crippen LogP contribution is -2.58. The maximum Gasteiger partial charge on any atom is 0.236 e. The molecule has 1 aromatic rings. The van der Waals surface area contributed by atoms with Crippen molar-refractivity contribution in [3.8, 4) is 0 Å². The Bertz CT molecular complexity index is 597. The van der Waals surface area contributed by atoms with Gasteiger partial charge in [-0.25, -0.2) is 0 Å². The summed E-state index contributed by atoms with van der Waals surface area (Å²) in [5.74, 6) is 0.0684. The quantitative estimate of drug-likeness (QED) is 0.871. The molecule has 0 radical (unpaired) electrons. The van der Waals surface area contributed by atoms with Crippen molar-refractivity contribution in [2.24, 2.45) is 0 Å². The fourth-order valence-corrected chi connectivity index (χ4v) is 3.71. The van der Waals surface area contributed by atoms with Crippen LogP contribution in [0.4, 0.5) is 0 Å². The monoisotopic (exact) mass is 345 g/mol. The number of carbonyl (C=O) groups excluding carboxylic acids is 2. The van der Waals surface area contributed by atoms with Gasteiger partial charge in [0.25, 0.3) is 0 Å². The highest BCUT2D eigenvalue weighted by Gasteiger charge is 2.30. The van der Waals surface area contributed by atoms with Gasteiger partial charge < -0.3 is 15.0 Å². The summed E-state index contributed by atoms with van der Waals surface area (Å²) in [5.41, 5.74) is 1.19. The number of amides is 2. The summed E-state index contributed by atoms with van der Waals surface area (Å²) in [5, 5.41) is 3.04. The molecule has 2 heterocycles. The predicted molar refractivity (Wildman–Crippen MR) is 95.1 cm³/mol. The summed E-state index contributed by atoms with van der Waals surface area (Å²) in [6.45, 7) is 6.49. The van der Waals surface area contributed by atoms with Crippen LogP contribution in [0.1, 0.15) is 19.4 Å². The van der Waals surface area contributed by atoms with Gasteiger partial charge in [0.05, 0.1) is 25.3 Å². The summed E-state index contributed by atoms with van der Waals surface area (Å²) in [6.07, 6.45) is 0.898. The topological polar surface area (TPSA) is 61.9 Å². The molecular weight excluding hydrogens is 318 g/mol. The van der Waals surface area contributed by atoms with Crippen molar-refractivity contribution in [1.29, 1.82) is 0 Å². The molecular formula is C19H27N3O3. The van der Waals surface area contributed by atoms with Crippen LogP contribution < -0.4 is 5.32 Å². The second-order valence-corrected chi connectivity index (χ2v) is 7.18. The van der Waals surface area contributed by atoms with Crippen molar-refractivity contribution in [2.75, 3.05) is 32.7 Å². The van der Waals surface area contributed by atoms with Crippen LogP contribution in [0.5, 0.6) is 0 Å². The molecule has 2 aliphatic heterocycles. The zero-order valence-corrected chi connectivity index (χ0v) is 15.0. The van der Waals surface area contributed by atoms with Gasteiger partial charge in [0.15, 0.2) is 0 Å². The van der Waals surface area contributed by atoms with E-state index in [1.165, 1.54) is 5.56 Å². The molecule has 1 N–H and O–H groups in total. The number of ether oxygens (including phenoxy) is 1. The molecule has 0 bridgehead atoms. The zero-order valence-electron chi connectivity index (χ0n) is 15.0. The van der Waals surface area contributed by atoms with Gasteiger partial charge in [-0.3, -0.25) is 14.5 Å². The Morgan fingerprint density at radius 3 is 2.52 bits per heavy atom. The Morgan fingerprint density at radius 2 is 1.84 bits per heavy atom. The van der Waals surface area contributed by atoms with Gasteiger partial charge in [0.1, 0.15) is 0 Å². The van der Waals surface area contributed by atoms with E-state index in [2.05, 4.69) is 17.4 Å². The van der Waals surface area contributed by atoms with E-state index < -0.39 is 0 Å². The lowest BCUT2D eigenvalue weighted by atomic mass is 10.0. The van der Waals surface area contributed by atoms with Gasteiger partial charge in [-0.05, 0) is 25.8 Å². The summed E-state index contributed by atoms with van der Waals surface area (Å²) in [7, 11) is 0. The van der Waals surface area contributed by atoms with Gasteiger partial charge in [-0.2, -0.15) is 0 Å². The van der Waals surface area contributed by atoms with Crippen molar-refractivity contribution in [1.82, 2.24) is 15.1 Å². The van der Waals surface area contributed by atoms with Crippen LogP contribution in [-0.2, 0) is 20.7 Å². The van der Waals surface area contributed by atoms with Gasteiger partial charge >= 0.3 is 0 Å². The molecule has 0 aliphatic carbocycles. The van der Waals surface area contributed by atoms with Gasteiger partial charge in [0, 0.05) is 25.7 Å². The SMILES string of the molecule is C[C@@H]1CN(C(=O)CN2CC(=O)N[C@@H](Cc3ccccc3)C2)C[C@H](C)O1. The normalized spacial score (nSPS) is 27.8. The van der Waals surface area contributed by atoms with Crippen molar-refractivity contribution in [3.05, 3.63) is 35.9 Å². The summed E-state index contributed by atoms with van der Waals surface area (Å²) < 4.78 is 5.69. The number of nitrogens with one attached hydrogen (secondary N) is 1. The van der Waals surface area contributed by atoms with E-state index in [4.69, 9.17) is 4.74 Å². The van der Waals surface area contributed by atoms with E-state index in [0.717, 1.165) is 6.42 Å². The standard InChI is InChI=1S/C19H27N3O3/c1-14-9-22(10-15(2)25-14)19(24)13-21-11-17(20-18(23)12-21)8-16-6-4-3-5-7-16/h3-7,14-15,17H,8-13H2,1-2H3,(H,20,23)/t14-,15+,17-/m0/s1. The third-order valence-corrected chi connectivity index (χ3v) is 4.67. The average molecular weight is 345 g/mol. The molecule has 6 heteroatoms. The molecule has 0 saturated carbocycles. The Hall–Kier alpha value is -1.92. The lowest BCUT2D eigenvalue weighted by Gasteiger charge is -2.38. The van der Waals surface area contributed by atoms with Crippen LogP contribution in [0.15, 0.2) is 30.3 Å². The molecule has 2 saturated heterocycles. The molecule has 0 unspecified atom stereocenters. The highest BCUT2D eigenvalue weighted by molar-refractivity contribution is 5.82. The van der Waals surface area contributed by atoms with Crippen molar-refractivity contribution < 1.29 is 14.3 Å². The molecule has 2 fully saturated rings. The average Bonchev–Trinajstić information content (AvgIpc) is 2.54. The number of morpholine rings is 1. The maximum atomic E-state index is 12.6. The highest BCUT2D eigenvalue weighted by Crippen LogP contribution is 2.13. The number of hydrogen-bond acceptors (Lipinski definition) is 4. The van der Waals surface area contributed by atoms with Crippen LogP contribution in [0.2, 0.25) is 0 Å². The summed E-state index contributed by atoms with van der Waals surface area (Å²) in [4.78, 5) is 28.5. The Kier molecular flexibility index (Phi) is 5.71. The fourth-order valence-electron chi connectivity index (χ4n) is 3.71. The molecule has 3 rings (SSSR count). The van der Waals surface area contributed by atoms with E-state index in [1.54, 1.807) is 0 Å². The minimum Gasteiger partial charge on any atom is -0.372 e. The minimum absolute atomic E-state index is 0.0105. The van der Waals surface area contributed by atoms with Gasteiger partial charge in [-0.15, -0.1) is 0 Å². The number of nitrogens with zero attached hydrogens (tertiary/aromatic N) is 2. The first kappa shape index (κ1) is 17.9. The Balaban J connectivity index is 1.56. The molecule has 0 spiro atoms. The molecule has 0 aromatic heterocycles. The van der Waals surface area contributed by atoms with Crippen LogP contribution in [0, 0.1) is 0 Å². The summed E-state index contributed by atoms with van der Waals surface area (Å²) >= 11 is 0. The van der Waals surface area contributed by atoms with Crippen LogP contribution in [0.25, 0.3) is 0 Å². The first-order chi connectivity index (χ1) is 12.0.